The summed E-state index contributed by atoms with van der Waals surface area (Å²) in [5, 5.41) is 0.757. The van der Waals surface area contributed by atoms with Gasteiger partial charge in [-0.15, -0.1) is 4.98 Å². The third-order valence-corrected chi connectivity index (χ3v) is 4.86. The van der Waals surface area contributed by atoms with Gasteiger partial charge in [-0.3, -0.25) is 9.69 Å². The Morgan fingerprint density at radius 1 is 1.18 bits per heavy atom. The van der Waals surface area contributed by atoms with Crippen molar-refractivity contribution in [3.8, 4) is 11.5 Å². The van der Waals surface area contributed by atoms with Crippen LogP contribution in [0.3, 0.4) is 0 Å². The maximum atomic E-state index is 12.4. The molecule has 28 heavy (non-hydrogen) atoms. The first-order chi connectivity index (χ1) is 13.6. The molecule has 0 saturated carbocycles. The van der Waals surface area contributed by atoms with Crippen molar-refractivity contribution in [2.24, 2.45) is 0 Å². The van der Waals surface area contributed by atoms with Gasteiger partial charge in [0.15, 0.2) is 17.3 Å². The van der Waals surface area contributed by atoms with Crippen molar-refractivity contribution >= 4 is 28.6 Å². The molecule has 1 aromatic carbocycles. The first-order valence-electron chi connectivity index (χ1n) is 8.93. The fourth-order valence-corrected chi connectivity index (χ4v) is 3.33. The number of H-pyrrole nitrogens is 1. The normalized spacial score (nSPS) is 14.4. The summed E-state index contributed by atoms with van der Waals surface area (Å²) < 4.78 is 15.9. The number of piperazine rings is 1. The molecule has 9 heteroatoms. The van der Waals surface area contributed by atoms with E-state index in [1.165, 1.54) is 6.26 Å². The van der Waals surface area contributed by atoms with Gasteiger partial charge in [-0.25, -0.2) is 4.98 Å². The molecule has 3 N–H and O–H groups in total. The van der Waals surface area contributed by atoms with E-state index in [-0.39, 0.29) is 5.91 Å². The van der Waals surface area contributed by atoms with Gasteiger partial charge in [0.05, 0.1) is 39.0 Å². The largest absolute Gasteiger partial charge is 0.493 e. The zero-order valence-corrected chi connectivity index (χ0v) is 15.8. The molecule has 1 aliphatic heterocycles. The summed E-state index contributed by atoms with van der Waals surface area (Å²) in [7, 11) is 3.16. The highest BCUT2D eigenvalue weighted by molar-refractivity contribution is 5.92. The number of amides is 1. The average molecular weight is 384 g/mol. The number of rotatable bonds is 4. The van der Waals surface area contributed by atoms with Crippen LogP contribution in [0, 0.1) is 0 Å². The summed E-state index contributed by atoms with van der Waals surface area (Å²) >= 11 is 0. The highest BCUT2D eigenvalue weighted by atomic mass is 16.5. The second-order valence-electron chi connectivity index (χ2n) is 6.45. The van der Waals surface area contributed by atoms with E-state index in [4.69, 9.17) is 24.6 Å². The Hall–Kier alpha value is -3.49. The molecule has 3 heterocycles. The van der Waals surface area contributed by atoms with Crippen LogP contribution < -0.4 is 25.1 Å². The summed E-state index contributed by atoms with van der Waals surface area (Å²) in [6.07, 6.45) is 1.50. The van der Waals surface area contributed by atoms with Gasteiger partial charge in [-0.1, -0.05) is 0 Å². The molecule has 0 atom stereocenters. The van der Waals surface area contributed by atoms with Gasteiger partial charge in [0.25, 0.3) is 5.91 Å². The van der Waals surface area contributed by atoms with Gasteiger partial charge in [0, 0.05) is 25.2 Å². The second kappa shape index (κ2) is 7.26. The minimum absolute atomic E-state index is 0.101. The van der Waals surface area contributed by atoms with Gasteiger partial charge in [0.2, 0.25) is 5.82 Å². The molecule has 0 bridgehead atoms. The van der Waals surface area contributed by atoms with Gasteiger partial charge in [-0.2, -0.15) is 0 Å². The Morgan fingerprint density at radius 3 is 2.54 bits per heavy atom. The van der Waals surface area contributed by atoms with Crippen LogP contribution in [0.15, 0.2) is 34.9 Å². The fourth-order valence-electron chi connectivity index (χ4n) is 3.33. The fraction of sp³-hybridized carbons (Fsp3) is 0.316. The van der Waals surface area contributed by atoms with Crippen LogP contribution in [0.1, 0.15) is 10.6 Å². The van der Waals surface area contributed by atoms with Crippen molar-refractivity contribution in [2.45, 2.75) is 0 Å². The predicted octanol–water partition coefficient (Wildman–Crippen LogP) is 1.20. The monoisotopic (exact) mass is 384 g/mol. The second-order valence-corrected chi connectivity index (χ2v) is 6.45. The molecule has 2 aromatic heterocycles. The first-order valence-corrected chi connectivity index (χ1v) is 8.93. The summed E-state index contributed by atoms with van der Waals surface area (Å²) in [6, 6.07) is 6.99. The molecular formula is C19H22N5O4+. The Morgan fingerprint density at radius 2 is 1.89 bits per heavy atom. The Bertz CT molecular complexity index is 997. The minimum Gasteiger partial charge on any atom is -0.493 e. The zero-order chi connectivity index (χ0) is 19.7. The van der Waals surface area contributed by atoms with E-state index < -0.39 is 0 Å². The average Bonchev–Trinajstić information content (AvgIpc) is 3.27. The van der Waals surface area contributed by atoms with E-state index in [1.54, 1.807) is 43.4 Å². The van der Waals surface area contributed by atoms with Crippen molar-refractivity contribution in [1.82, 2.24) is 9.88 Å². The number of methoxy groups -OCH3 is 2. The van der Waals surface area contributed by atoms with E-state index in [0.717, 1.165) is 5.39 Å². The lowest BCUT2D eigenvalue weighted by Gasteiger charge is -2.31. The number of nitrogens with two attached hydrogens (primary N) is 1. The van der Waals surface area contributed by atoms with Crippen LogP contribution in [-0.4, -0.2) is 56.2 Å². The Kier molecular flexibility index (Phi) is 4.64. The third kappa shape index (κ3) is 3.15. The zero-order valence-electron chi connectivity index (χ0n) is 15.8. The molecule has 1 saturated heterocycles. The Labute approximate surface area is 161 Å². The van der Waals surface area contributed by atoms with E-state index in [1.807, 2.05) is 0 Å². The number of carbonyl (C=O) groups excluding carboxylic acids is 1. The van der Waals surface area contributed by atoms with Crippen LogP contribution in [0.25, 0.3) is 10.9 Å². The number of hydrogen-bond donors (Lipinski definition) is 1. The van der Waals surface area contributed by atoms with Crippen LogP contribution in [0.4, 0.5) is 11.8 Å². The van der Waals surface area contributed by atoms with Crippen molar-refractivity contribution in [2.75, 3.05) is 51.0 Å². The van der Waals surface area contributed by atoms with Gasteiger partial charge < -0.3 is 24.5 Å². The van der Waals surface area contributed by atoms with E-state index in [9.17, 15) is 4.79 Å². The van der Waals surface area contributed by atoms with Crippen molar-refractivity contribution < 1.29 is 23.7 Å². The number of benzene rings is 1. The van der Waals surface area contributed by atoms with Gasteiger partial charge in [0.1, 0.15) is 5.52 Å². The van der Waals surface area contributed by atoms with Crippen molar-refractivity contribution in [1.29, 1.82) is 0 Å². The predicted molar refractivity (Wildman–Crippen MR) is 103 cm³/mol. The van der Waals surface area contributed by atoms with Crippen LogP contribution in [-0.2, 0) is 0 Å². The van der Waals surface area contributed by atoms with Gasteiger partial charge >= 0.3 is 5.95 Å². The molecule has 0 spiro atoms. The number of carbonyl (C=O) groups is 1. The SMILES string of the molecule is COc1cc2nc(N3CCN(C(=O)c4ccco4)CC3)[nH+]c(N)c2cc1OC. The molecule has 1 fully saturated rings. The molecule has 4 rings (SSSR count). The third-order valence-electron chi connectivity index (χ3n) is 4.86. The number of hydrogen-bond acceptors (Lipinski definition) is 7. The van der Waals surface area contributed by atoms with Crippen LogP contribution in [0.5, 0.6) is 11.5 Å². The van der Waals surface area contributed by atoms with Crippen molar-refractivity contribution in [3.05, 3.63) is 36.3 Å². The number of aromatic nitrogens is 2. The highest BCUT2D eigenvalue weighted by Crippen LogP contribution is 2.33. The molecule has 9 nitrogen and oxygen atoms in total. The molecule has 1 aliphatic rings. The minimum atomic E-state index is -0.101. The summed E-state index contributed by atoms with van der Waals surface area (Å²) in [5.41, 5.74) is 6.93. The summed E-state index contributed by atoms with van der Waals surface area (Å²) in [6.45, 7) is 2.40. The molecule has 3 aromatic rings. The number of anilines is 2. The quantitative estimate of drug-likeness (QED) is 0.720. The number of furan rings is 1. The molecule has 0 radical (unpaired) electrons. The first kappa shape index (κ1) is 17.9. The Balaban J connectivity index is 1.56. The standard InChI is InChI=1S/C19H21N5O4/c1-26-15-10-12-13(11-16(15)27-2)21-19(22-17(12)20)24-7-5-23(6-8-24)18(25)14-4-3-9-28-14/h3-4,9-11H,5-8H2,1-2H3,(H2,20,21,22)/p+1. The van der Waals surface area contributed by atoms with E-state index >= 15 is 0 Å². The number of fused-ring (bicyclic) bond motifs is 1. The number of nitrogens with zero attached hydrogens (tertiary/aromatic N) is 3. The smallest absolute Gasteiger partial charge is 0.347 e. The summed E-state index contributed by atoms with van der Waals surface area (Å²) in [5.74, 6) is 2.59. The maximum Gasteiger partial charge on any atom is 0.347 e. The molecule has 1 amide bonds. The van der Waals surface area contributed by atoms with Crippen molar-refractivity contribution in [3.63, 3.8) is 0 Å². The van der Waals surface area contributed by atoms with Crippen LogP contribution in [0.2, 0.25) is 0 Å². The molecule has 146 valence electrons. The summed E-state index contributed by atoms with van der Waals surface area (Å²) in [4.78, 5) is 24.1. The topological polar surface area (TPSA) is 108 Å². The number of ether oxygens (including phenoxy) is 2. The van der Waals surface area contributed by atoms with E-state index in [0.29, 0.717) is 60.7 Å². The lowest BCUT2D eigenvalue weighted by molar-refractivity contribution is -0.348. The number of nitrogens with one attached hydrogen (secondary N) is 1. The number of aromatic amines is 1. The highest BCUT2D eigenvalue weighted by Gasteiger charge is 2.28. The molecular weight excluding hydrogens is 362 g/mol. The lowest BCUT2D eigenvalue weighted by atomic mass is 10.2. The maximum absolute atomic E-state index is 12.4. The van der Waals surface area contributed by atoms with Crippen LogP contribution >= 0.6 is 0 Å². The van der Waals surface area contributed by atoms with Gasteiger partial charge in [-0.05, 0) is 12.1 Å². The number of nitrogen functional groups attached to an aromatic ring is 1. The van der Waals surface area contributed by atoms with E-state index in [2.05, 4.69) is 9.88 Å². The lowest BCUT2D eigenvalue weighted by Crippen LogP contribution is -2.50. The molecule has 0 unspecified atom stereocenters. The molecule has 0 aliphatic carbocycles.